The van der Waals surface area contributed by atoms with Crippen molar-refractivity contribution in [2.75, 3.05) is 18.9 Å². The second-order valence-electron chi connectivity index (χ2n) is 3.21. The van der Waals surface area contributed by atoms with Gasteiger partial charge in [0.25, 0.3) is 5.91 Å². The van der Waals surface area contributed by atoms with Crippen LogP contribution in [-0.4, -0.2) is 25.4 Å². The maximum atomic E-state index is 13.3. The molecule has 1 rings (SSSR count). The molecule has 4 N–H and O–H groups in total. The predicted octanol–water partition coefficient (Wildman–Crippen LogP) is 0.222. The number of primary amides is 1. The minimum atomic E-state index is -0.892. The minimum absolute atomic E-state index is 0.222. The van der Waals surface area contributed by atoms with Gasteiger partial charge < -0.3 is 16.4 Å². The largest absolute Gasteiger partial charge is 0.383 e. The van der Waals surface area contributed by atoms with E-state index in [1.54, 1.807) is 0 Å². The second-order valence-corrected chi connectivity index (χ2v) is 3.21. The summed E-state index contributed by atoms with van der Waals surface area (Å²) in [7, 11) is 1.36. The van der Waals surface area contributed by atoms with E-state index in [1.165, 1.54) is 7.05 Å². The van der Waals surface area contributed by atoms with Crippen molar-refractivity contribution in [3.63, 3.8) is 0 Å². The molecule has 2 amide bonds. The van der Waals surface area contributed by atoms with Crippen molar-refractivity contribution in [2.24, 2.45) is 5.73 Å². The van der Waals surface area contributed by atoms with Crippen LogP contribution in [0.15, 0.2) is 12.1 Å². The van der Waals surface area contributed by atoms with E-state index in [0.29, 0.717) is 0 Å². The molecular formula is C10H11F2N3O2. The summed E-state index contributed by atoms with van der Waals surface area (Å²) >= 11 is 0. The number of anilines is 1. The van der Waals surface area contributed by atoms with Crippen LogP contribution in [0, 0.1) is 11.6 Å². The summed E-state index contributed by atoms with van der Waals surface area (Å²) < 4.78 is 26.6. The quantitative estimate of drug-likeness (QED) is 0.707. The lowest BCUT2D eigenvalue weighted by molar-refractivity contribution is -0.117. The first-order valence-corrected chi connectivity index (χ1v) is 4.69. The summed E-state index contributed by atoms with van der Waals surface area (Å²) in [6.07, 6.45) is 0. The van der Waals surface area contributed by atoms with Crippen molar-refractivity contribution >= 4 is 17.5 Å². The molecule has 0 fully saturated rings. The molecule has 0 spiro atoms. The molecule has 0 unspecified atom stereocenters. The highest BCUT2D eigenvalue weighted by atomic mass is 19.1. The van der Waals surface area contributed by atoms with Gasteiger partial charge in [0, 0.05) is 12.6 Å². The molecule has 1 aromatic rings. The molecule has 0 aromatic heterocycles. The van der Waals surface area contributed by atoms with Crippen molar-refractivity contribution in [2.45, 2.75) is 0 Å². The van der Waals surface area contributed by atoms with Gasteiger partial charge in [-0.15, -0.1) is 0 Å². The Morgan fingerprint density at radius 2 is 1.82 bits per heavy atom. The Morgan fingerprint density at radius 1 is 1.29 bits per heavy atom. The number of rotatable bonds is 4. The Kier molecular flexibility index (Phi) is 3.97. The normalized spacial score (nSPS) is 9.82. The number of benzene rings is 1. The summed E-state index contributed by atoms with van der Waals surface area (Å²) in [5.74, 6) is -3.30. The van der Waals surface area contributed by atoms with Crippen LogP contribution >= 0.6 is 0 Å². The van der Waals surface area contributed by atoms with Crippen LogP contribution in [0.2, 0.25) is 0 Å². The van der Waals surface area contributed by atoms with Crippen molar-refractivity contribution in [1.29, 1.82) is 0 Å². The van der Waals surface area contributed by atoms with Gasteiger partial charge in [-0.1, -0.05) is 0 Å². The van der Waals surface area contributed by atoms with E-state index in [2.05, 4.69) is 10.6 Å². The average molecular weight is 243 g/mol. The maximum Gasteiger partial charge on any atom is 0.251 e. The van der Waals surface area contributed by atoms with Gasteiger partial charge in [-0.2, -0.15) is 0 Å². The van der Waals surface area contributed by atoms with E-state index in [9.17, 15) is 18.4 Å². The standard InChI is InChI=1S/C10H11F2N3O2/c1-14-9-6(11)2-5(3-7(9)12)10(17)15-4-8(13)16/h2-3,14H,4H2,1H3,(H2,13,16)(H,15,17). The van der Waals surface area contributed by atoms with Crippen LogP contribution < -0.4 is 16.4 Å². The zero-order chi connectivity index (χ0) is 13.0. The van der Waals surface area contributed by atoms with Crippen LogP contribution in [0.4, 0.5) is 14.5 Å². The molecule has 0 bridgehead atoms. The van der Waals surface area contributed by atoms with E-state index in [0.717, 1.165) is 12.1 Å². The zero-order valence-corrected chi connectivity index (χ0v) is 9.01. The number of carbonyl (C=O) groups is 2. The number of nitrogens with two attached hydrogens (primary N) is 1. The van der Waals surface area contributed by atoms with E-state index in [-0.39, 0.29) is 11.3 Å². The second kappa shape index (κ2) is 5.24. The summed E-state index contributed by atoms with van der Waals surface area (Å²) in [5.41, 5.74) is 4.27. The first-order valence-electron chi connectivity index (χ1n) is 4.69. The molecule has 92 valence electrons. The van der Waals surface area contributed by atoms with Gasteiger partial charge in [0.05, 0.1) is 6.54 Å². The van der Waals surface area contributed by atoms with Crippen LogP contribution in [0.5, 0.6) is 0 Å². The SMILES string of the molecule is CNc1c(F)cc(C(=O)NCC(N)=O)cc1F. The average Bonchev–Trinajstić information content (AvgIpc) is 2.25. The van der Waals surface area contributed by atoms with Crippen LogP contribution in [0.3, 0.4) is 0 Å². The molecular weight excluding hydrogens is 232 g/mol. The van der Waals surface area contributed by atoms with E-state index in [1.807, 2.05) is 0 Å². The molecule has 7 heteroatoms. The number of hydrogen-bond acceptors (Lipinski definition) is 3. The molecule has 0 radical (unpaired) electrons. The van der Waals surface area contributed by atoms with E-state index in [4.69, 9.17) is 5.73 Å². The Hall–Kier alpha value is -2.18. The third kappa shape index (κ3) is 3.13. The predicted molar refractivity (Wildman–Crippen MR) is 57.4 cm³/mol. The Labute approximate surface area is 96.0 Å². The fourth-order valence-corrected chi connectivity index (χ4v) is 1.21. The molecule has 0 saturated carbocycles. The zero-order valence-electron chi connectivity index (χ0n) is 9.01. The number of nitrogens with one attached hydrogen (secondary N) is 2. The van der Waals surface area contributed by atoms with Crippen molar-refractivity contribution < 1.29 is 18.4 Å². The molecule has 0 aliphatic heterocycles. The first kappa shape index (κ1) is 12.9. The third-order valence-corrected chi connectivity index (χ3v) is 1.98. The number of amides is 2. The minimum Gasteiger partial charge on any atom is -0.383 e. The van der Waals surface area contributed by atoms with Gasteiger partial charge in [-0.05, 0) is 12.1 Å². The van der Waals surface area contributed by atoms with Gasteiger partial charge in [-0.3, -0.25) is 9.59 Å². The van der Waals surface area contributed by atoms with Gasteiger partial charge in [0.2, 0.25) is 5.91 Å². The van der Waals surface area contributed by atoms with Crippen molar-refractivity contribution in [1.82, 2.24) is 5.32 Å². The number of halogens is 2. The molecule has 0 atom stereocenters. The van der Waals surface area contributed by atoms with E-state index < -0.39 is 30.0 Å². The summed E-state index contributed by atoms with van der Waals surface area (Å²) in [6.45, 7) is -0.393. The maximum absolute atomic E-state index is 13.3. The van der Waals surface area contributed by atoms with Crippen LogP contribution in [-0.2, 0) is 4.79 Å². The lowest BCUT2D eigenvalue weighted by atomic mass is 10.1. The summed E-state index contributed by atoms with van der Waals surface area (Å²) in [6, 6.07) is 1.73. The fourth-order valence-electron chi connectivity index (χ4n) is 1.21. The summed E-state index contributed by atoms with van der Waals surface area (Å²) in [5, 5.41) is 4.45. The van der Waals surface area contributed by atoms with Crippen molar-refractivity contribution in [3.8, 4) is 0 Å². The molecule has 0 heterocycles. The summed E-state index contributed by atoms with van der Waals surface area (Å²) in [4.78, 5) is 21.8. The highest BCUT2D eigenvalue weighted by Crippen LogP contribution is 2.19. The van der Waals surface area contributed by atoms with Crippen molar-refractivity contribution in [3.05, 3.63) is 29.3 Å². The topological polar surface area (TPSA) is 84.2 Å². The smallest absolute Gasteiger partial charge is 0.251 e. The third-order valence-electron chi connectivity index (χ3n) is 1.98. The fraction of sp³-hybridized carbons (Fsp3) is 0.200. The monoisotopic (exact) mass is 243 g/mol. The van der Waals surface area contributed by atoms with Gasteiger partial charge in [-0.25, -0.2) is 8.78 Å². The Balaban J connectivity index is 2.92. The highest BCUT2D eigenvalue weighted by molar-refractivity contribution is 5.96. The number of carbonyl (C=O) groups excluding carboxylic acids is 2. The van der Waals surface area contributed by atoms with E-state index >= 15 is 0 Å². The van der Waals surface area contributed by atoms with Crippen LogP contribution in [0.25, 0.3) is 0 Å². The Morgan fingerprint density at radius 3 is 2.24 bits per heavy atom. The number of hydrogen-bond donors (Lipinski definition) is 3. The molecule has 17 heavy (non-hydrogen) atoms. The molecule has 5 nitrogen and oxygen atoms in total. The molecule has 0 aliphatic rings. The highest BCUT2D eigenvalue weighted by Gasteiger charge is 2.14. The molecule has 0 saturated heterocycles. The molecule has 1 aromatic carbocycles. The van der Waals surface area contributed by atoms with Gasteiger partial charge in [0.15, 0.2) is 0 Å². The van der Waals surface area contributed by atoms with Gasteiger partial charge >= 0.3 is 0 Å². The van der Waals surface area contributed by atoms with Crippen LogP contribution in [0.1, 0.15) is 10.4 Å². The first-order chi connectivity index (χ1) is 7.95. The lowest BCUT2D eigenvalue weighted by Gasteiger charge is -2.07. The Bertz CT molecular complexity index is 440. The molecule has 0 aliphatic carbocycles. The van der Waals surface area contributed by atoms with Gasteiger partial charge in [0.1, 0.15) is 17.3 Å². The lowest BCUT2D eigenvalue weighted by Crippen LogP contribution is -2.33.